The maximum atomic E-state index is 11.8. The molecular weight excluding hydrogens is 240 g/mol. The molecule has 1 rings (SSSR count). The second kappa shape index (κ2) is 5.08. The lowest BCUT2D eigenvalue weighted by Crippen LogP contribution is -2.41. The summed E-state index contributed by atoms with van der Waals surface area (Å²) in [6.45, 7) is 5.59. The molecule has 0 aliphatic heterocycles. The summed E-state index contributed by atoms with van der Waals surface area (Å²) >= 11 is 5.78. The third-order valence-electron chi connectivity index (χ3n) is 2.02. The average Bonchev–Trinajstić information content (AvgIpc) is 2.14. The summed E-state index contributed by atoms with van der Waals surface area (Å²) in [7, 11) is -1.69. The molecule has 0 heterocycles. The highest BCUT2D eigenvalue weighted by molar-refractivity contribution is 6.62. The highest BCUT2D eigenvalue weighted by Crippen LogP contribution is 2.10. The van der Waals surface area contributed by atoms with E-state index in [4.69, 9.17) is 21.6 Å². The Kier molecular flexibility index (Phi) is 4.19. The predicted octanol–water partition coefficient (Wildman–Crippen LogP) is 0.548. The molecule has 0 atom stereocenters. The first-order valence-corrected chi connectivity index (χ1v) is 5.56. The maximum absolute atomic E-state index is 11.8. The van der Waals surface area contributed by atoms with Gasteiger partial charge in [0.05, 0.1) is 0 Å². The van der Waals surface area contributed by atoms with E-state index in [0.717, 1.165) is 0 Å². The van der Waals surface area contributed by atoms with Gasteiger partial charge >= 0.3 is 7.12 Å². The van der Waals surface area contributed by atoms with Crippen LogP contribution in [0.15, 0.2) is 18.2 Å². The Morgan fingerprint density at radius 1 is 1.35 bits per heavy atom. The number of rotatable bonds is 2. The molecule has 0 unspecified atom stereocenters. The number of carbonyl (C=O) groups excluding carboxylic acids is 1. The zero-order valence-corrected chi connectivity index (χ0v) is 10.7. The molecule has 1 amide bonds. The molecule has 0 bridgehead atoms. The van der Waals surface area contributed by atoms with Gasteiger partial charge in [-0.1, -0.05) is 11.6 Å². The number of halogens is 1. The first-order valence-electron chi connectivity index (χ1n) is 5.19. The van der Waals surface area contributed by atoms with Crippen LogP contribution in [0, 0.1) is 0 Å². The summed E-state index contributed by atoms with van der Waals surface area (Å²) in [5.41, 5.74) is 0.106. The fourth-order valence-corrected chi connectivity index (χ4v) is 1.51. The van der Waals surface area contributed by atoms with Gasteiger partial charge < -0.3 is 15.4 Å². The van der Waals surface area contributed by atoms with E-state index in [1.165, 1.54) is 18.2 Å². The number of amides is 1. The Balaban J connectivity index is 3.00. The van der Waals surface area contributed by atoms with Crippen LogP contribution in [0.3, 0.4) is 0 Å². The summed E-state index contributed by atoms with van der Waals surface area (Å²) in [6, 6.07) is 4.37. The molecule has 6 heteroatoms. The van der Waals surface area contributed by atoms with Crippen molar-refractivity contribution in [3.05, 3.63) is 28.8 Å². The van der Waals surface area contributed by atoms with Gasteiger partial charge in [-0.25, -0.2) is 0 Å². The zero-order valence-electron chi connectivity index (χ0n) is 9.99. The van der Waals surface area contributed by atoms with Crippen molar-refractivity contribution in [3.63, 3.8) is 0 Å². The average molecular weight is 256 g/mol. The van der Waals surface area contributed by atoms with Crippen LogP contribution in [0.2, 0.25) is 5.02 Å². The molecule has 1 aromatic rings. The molecule has 0 spiro atoms. The van der Waals surface area contributed by atoms with Gasteiger partial charge in [0.25, 0.3) is 5.91 Å². The van der Waals surface area contributed by atoms with Crippen LogP contribution < -0.4 is 10.8 Å². The zero-order chi connectivity index (χ0) is 13.2. The molecular formula is C11H15BClNO3. The van der Waals surface area contributed by atoms with Gasteiger partial charge in [-0.2, -0.15) is 0 Å². The van der Waals surface area contributed by atoms with Gasteiger partial charge in [0.1, 0.15) is 0 Å². The van der Waals surface area contributed by atoms with Crippen molar-refractivity contribution in [3.8, 4) is 0 Å². The minimum atomic E-state index is -1.69. The van der Waals surface area contributed by atoms with Gasteiger partial charge in [0.15, 0.2) is 0 Å². The Morgan fingerprint density at radius 2 is 1.94 bits per heavy atom. The van der Waals surface area contributed by atoms with E-state index in [-0.39, 0.29) is 21.9 Å². The quantitative estimate of drug-likeness (QED) is 0.676. The number of benzene rings is 1. The second-order valence-corrected chi connectivity index (χ2v) is 5.22. The van der Waals surface area contributed by atoms with Crippen LogP contribution in [0.4, 0.5) is 0 Å². The van der Waals surface area contributed by atoms with Crippen molar-refractivity contribution < 1.29 is 14.8 Å². The Bertz CT molecular complexity index is 429. The molecule has 0 fully saturated rings. The van der Waals surface area contributed by atoms with E-state index < -0.39 is 7.12 Å². The lowest BCUT2D eigenvalue weighted by Gasteiger charge is -2.20. The molecule has 3 N–H and O–H groups in total. The highest BCUT2D eigenvalue weighted by atomic mass is 35.5. The third-order valence-corrected chi connectivity index (χ3v) is 2.37. The second-order valence-electron chi connectivity index (χ2n) is 4.81. The molecule has 4 nitrogen and oxygen atoms in total. The summed E-state index contributed by atoms with van der Waals surface area (Å²) < 4.78 is 0. The number of carbonyl (C=O) groups is 1. The highest BCUT2D eigenvalue weighted by Gasteiger charge is 2.20. The molecule has 1 aromatic carbocycles. The lowest BCUT2D eigenvalue weighted by atomic mass is 9.79. The van der Waals surface area contributed by atoms with E-state index in [1.54, 1.807) is 0 Å². The fraction of sp³-hybridized carbons (Fsp3) is 0.364. The van der Waals surface area contributed by atoms with Crippen LogP contribution in [0.5, 0.6) is 0 Å². The number of hydrogen-bond donors (Lipinski definition) is 3. The molecule has 92 valence electrons. The first-order chi connectivity index (χ1) is 7.70. The largest absolute Gasteiger partial charge is 0.489 e. The van der Waals surface area contributed by atoms with E-state index in [2.05, 4.69) is 5.32 Å². The molecule has 0 aliphatic carbocycles. The molecule has 17 heavy (non-hydrogen) atoms. The number of nitrogens with one attached hydrogen (secondary N) is 1. The van der Waals surface area contributed by atoms with E-state index in [9.17, 15) is 4.79 Å². The molecule has 0 radical (unpaired) electrons. The van der Waals surface area contributed by atoms with E-state index in [1.807, 2.05) is 20.8 Å². The molecule has 0 aliphatic rings. The minimum absolute atomic E-state index is 0.119. The van der Waals surface area contributed by atoms with E-state index >= 15 is 0 Å². The third kappa shape index (κ3) is 4.04. The van der Waals surface area contributed by atoms with Crippen molar-refractivity contribution in [1.29, 1.82) is 0 Å². The van der Waals surface area contributed by atoms with Gasteiger partial charge in [-0.05, 0) is 39.0 Å². The summed E-state index contributed by atoms with van der Waals surface area (Å²) in [4.78, 5) is 11.8. The first kappa shape index (κ1) is 14.0. The van der Waals surface area contributed by atoms with Crippen molar-refractivity contribution >= 4 is 30.1 Å². The van der Waals surface area contributed by atoms with Gasteiger partial charge in [0, 0.05) is 21.6 Å². The topological polar surface area (TPSA) is 69.6 Å². The molecule has 0 aromatic heterocycles. The van der Waals surface area contributed by atoms with Gasteiger partial charge in [-0.3, -0.25) is 4.79 Å². The summed E-state index contributed by atoms with van der Waals surface area (Å²) in [5, 5.41) is 21.2. The summed E-state index contributed by atoms with van der Waals surface area (Å²) in [5.74, 6) is -0.281. The van der Waals surface area contributed by atoms with Crippen molar-refractivity contribution in [2.24, 2.45) is 0 Å². The van der Waals surface area contributed by atoms with E-state index in [0.29, 0.717) is 5.56 Å². The van der Waals surface area contributed by atoms with Crippen molar-refractivity contribution in [1.82, 2.24) is 5.32 Å². The lowest BCUT2D eigenvalue weighted by molar-refractivity contribution is 0.0919. The van der Waals surface area contributed by atoms with Gasteiger partial charge in [-0.15, -0.1) is 0 Å². The van der Waals surface area contributed by atoms with Gasteiger partial charge in [0.2, 0.25) is 0 Å². The molecule has 0 saturated carbocycles. The monoisotopic (exact) mass is 255 g/mol. The Labute approximate surface area is 106 Å². The molecule has 0 saturated heterocycles. The standard InChI is InChI=1S/C11H15BClNO3/c1-11(2,3)14-10(15)7-4-5-9(13)8(6-7)12(16)17/h4-6,16-17H,1-3H3,(H,14,15). The minimum Gasteiger partial charge on any atom is -0.423 e. The SMILES string of the molecule is CC(C)(C)NC(=O)c1ccc(Cl)c(B(O)O)c1. The Hall–Kier alpha value is -1.04. The Morgan fingerprint density at radius 3 is 2.41 bits per heavy atom. The van der Waals surface area contributed by atoms with Crippen molar-refractivity contribution in [2.45, 2.75) is 26.3 Å². The smallest absolute Gasteiger partial charge is 0.423 e. The van der Waals surface area contributed by atoms with Crippen LogP contribution in [-0.2, 0) is 0 Å². The normalized spacial score (nSPS) is 11.2. The predicted molar refractivity (Wildman–Crippen MR) is 68.5 cm³/mol. The van der Waals surface area contributed by atoms with Crippen LogP contribution in [0.25, 0.3) is 0 Å². The maximum Gasteiger partial charge on any atom is 0.489 e. The van der Waals surface area contributed by atoms with Crippen LogP contribution in [-0.4, -0.2) is 28.6 Å². The fourth-order valence-electron chi connectivity index (χ4n) is 1.30. The van der Waals surface area contributed by atoms with Crippen molar-refractivity contribution in [2.75, 3.05) is 0 Å². The van der Waals surface area contributed by atoms with Crippen LogP contribution >= 0.6 is 11.6 Å². The van der Waals surface area contributed by atoms with Crippen LogP contribution in [0.1, 0.15) is 31.1 Å². The number of hydrogen-bond acceptors (Lipinski definition) is 3. The summed E-state index contributed by atoms with van der Waals surface area (Å²) in [6.07, 6.45) is 0.